The number of piperazine rings is 1. The van der Waals surface area contributed by atoms with Gasteiger partial charge in [-0.3, -0.25) is 4.90 Å². The molecule has 0 aliphatic carbocycles. The van der Waals surface area contributed by atoms with E-state index >= 15 is 0 Å². The zero-order valence-electron chi connectivity index (χ0n) is 14.2. The van der Waals surface area contributed by atoms with Gasteiger partial charge < -0.3 is 4.90 Å². The Balaban J connectivity index is 1.40. The number of nitriles is 1. The van der Waals surface area contributed by atoms with E-state index in [0.717, 1.165) is 44.0 Å². The maximum atomic E-state index is 9.17. The molecule has 0 spiro atoms. The molecule has 2 aromatic carbocycles. The minimum absolute atomic E-state index is 0.795. The summed E-state index contributed by atoms with van der Waals surface area (Å²) in [6, 6.07) is 21.4. The van der Waals surface area contributed by atoms with Crippen molar-refractivity contribution >= 4 is 27.1 Å². The number of nitrogens with zero attached hydrogens (tertiary/aromatic N) is 3. The molecule has 0 atom stereocenters. The third kappa shape index (κ3) is 3.53. The summed E-state index contributed by atoms with van der Waals surface area (Å²) in [6.45, 7) is 5.41. The first kappa shape index (κ1) is 16.1. The Labute approximate surface area is 152 Å². The van der Waals surface area contributed by atoms with Gasteiger partial charge in [0.25, 0.3) is 0 Å². The minimum Gasteiger partial charge on any atom is -0.368 e. The number of rotatable bonds is 4. The van der Waals surface area contributed by atoms with Crippen molar-refractivity contribution in [1.29, 1.82) is 5.26 Å². The maximum Gasteiger partial charge on any atom is 0.110 e. The first-order valence-electron chi connectivity index (χ1n) is 8.77. The zero-order valence-corrected chi connectivity index (χ0v) is 15.0. The van der Waals surface area contributed by atoms with E-state index in [1.54, 1.807) is 11.3 Å². The molecule has 1 fully saturated rings. The monoisotopic (exact) mass is 347 g/mol. The summed E-state index contributed by atoms with van der Waals surface area (Å²) >= 11 is 1.58. The molecule has 0 N–H and O–H groups in total. The molecule has 25 heavy (non-hydrogen) atoms. The Morgan fingerprint density at radius 3 is 2.52 bits per heavy atom. The third-order valence-electron chi connectivity index (χ3n) is 4.92. The Hall–Kier alpha value is -2.35. The van der Waals surface area contributed by atoms with Crippen LogP contribution in [0.3, 0.4) is 0 Å². The van der Waals surface area contributed by atoms with Crippen LogP contribution in [0.4, 0.5) is 5.69 Å². The molecule has 0 amide bonds. The van der Waals surface area contributed by atoms with Gasteiger partial charge in [0, 0.05) is 48.5 Å². The second kappa shape index (κ2) is 7.26. The summed E-state index contributed by atoms with van der Waals surface area (Å²) in [5, 5.41) is 10.4. The van der Waals surface area contributed by atoms with Crippen LogP contribution in [0.15, 0.2) is 54.6 Å². The quantitative estimate of drug-likeness (QED) is 0.711. The molecule has 0 radical (unpaired) electrons. The van der Waals surface area contributed by atoms with Crippen molar-refractivity contribution < 1.29 is 0 Å². The molecule has 4 rings (SSSR count). The predicted molar refractivity (Wildman–Crippen MR) is 105 cm³/mol. The van der Waals surface area contributed by atoms with Gasteiger partial charge in [-0.2, -0.15) is 5.26 Å². The van der Waals surface area contributed by atoms with E-state index in [2.05, 4.69) is 64.4 Å². The molecule has 3 aromatic rings. The van der Waals surface area contributed by atoms with Crippen molar-refractivity contribution in [3.63, 3.8) is 0 Å². The van der Waals surface area contributed by atoms with Crippen molar-refractivity contribution in [2.45, 2.75) is 6.42 Å². The Morgan fingerprint density at radius 2 is 1.76 bits per heavy atom. The summed E-state index contributed by atoms with van der Waals surface area (Å²) in [5.74, 6) is 0. The van der Waals surface area contributed by atoms with E-state index in [4.69, 9.17) is 5.26 Å². The molecule has 1 aliphatic heterocycles. The molecular formula is C21H21N3S. The largest absolute Gasteiger partial charge is 0.368 e. The van der Waals surface area contributed by atoms with E-state index in [9.17, 15) is 0 Å². The zero-order chi connectivity index (χ0) is 17.1. The minimum atomic E-state index is 0.795. The SMILES string of the molecule is N#Cc1cc2c(N3CCN(CCc4ccccc4)CC3)cccc2s1. The fourth-order valence-electron chi connectivity index (χ4n) is 3.52. The lowest BCUT2D eigenvalue weighted by atomic mass is 10.1. The first-order valence-corrected chi connectivity index (χ1v) is 9.59. The predicted octanol–water partition coefficient (Wildman–Crippen LogP) is 4.14. The molecule has 1 saturated heterocycles. The normalized spacial score (nSPS) is 15.4. The van der Waals surface area contributed by atoms with E-state index in [1.165, 1.54) is 21.3 Å². The number of hydrogen-bond acceptors (Lipinski definition) is 4. The second-order valence-corrected chi connectivity index (χ2v) is 7.56. The molecule has 2 heterocycles. The lowest BCUT2D eigenvalue weighted by Crippen LogP contribution is -2.47. The summed E-state index contributed by atoms with van der Waals surface area (Å²) in [4.78, 5) is 5.82. The standard InChI is InChI=1S/C21H21N3S/c22-16-18-15-19-20(7-4-8-21(19)25-18)24-13-11-23(12-14-24)10-9-17-5-2-1-3-6-17/h1-8,15H,9-14H2. The van der Waals surface area contributed by atoms with Gasteiger partial charge in [0.1, 0.15) is 10.9 Å². The summed E-state index contributed by atoms with van der Waals surface area (Å²) < 4.78 is 1.21. The van der Waals surface area contributed by atoms with E-state index < -0.39 is 0 Å². The highest BCUT2D eigenvalue weighted by Gasteiger charge is 2.19. The van der Waals surface area contributed by atoms with Crippen LogP contribution in [0.25, 0.3) is 10.1 Å². The Morgan fingerprint density at radius 1 is 0.960 bits per heavy atom. The molecule has 126 valence electrons. The first-order chi connectivity index (χ1) is 12.3. The lowest BCUT2D eigenvalue weighted by Gasteiger charge is -2.36. The molecule has 0 saturated carbocycles. The Kier molecular flexibility index (Phi) is 4.69. The van der Waals surface area contributed by atoms with Crippen LogP contribution < -0.4 is 4.90 Å². The molecule has 1 aromatic heterocycles. The van der Waals surface area contributed by atoms with Crippen LogP contribution in [-0.2, 0) is 6.42 Å². The highest BCUT2D eigenvalue weighted by Crippen LogP contribution is 2.33. The van der Waals surface area contributed by atoms with Crippen molar-refractivity contribution in [1.82, 2.24) is 4.90 Å². The number of anilines is 1. The van der Waals surface area contributed by atoms with Crippen molar-refractivity contribution in [3.8, 4) is 6.07 Å². The maximum absolute atomic E-state index is 9.17. The number of benzene rings is 2. The smallest absolute Gasteiger partial charge is 0.110 e. The van der Waals surface area contributed by atoms with Crippen LogP contribution in [0.2, 0.25) is 0 Å². The van der Waals surface area contributed by atoms with Gasteiger partial charge >= 0.3 is 0 Å². The topological polar surface area (TPSA) is 30.3 Å². The van der Waals surface area contributed by atoms with Gasteiger partial charge in [-0.15, -0.1) is 11.3 Å². The van der Waals surface area contributed by atoms with Crippen LogP contribution >= 0.6 is 11.3 Å². The van der Waals surface area contributed by atoms with Crippen LogP contribution in [0.1, 0.15) is 10.4 Å². The fourth-order valence-corrected chi connectivity index (χ4v) is 4.40. The van der Waals surface area contributed by atoms with Crippen LogP contribution in [0, 0.1) is 11.3 Å². The van der Waals surface area contributed by atoms with Gasteiger partial charge in [0.2, 0.25) is 0 Å². The van der Waals surface area contributed by atoms with Crippen LogP contribution in [-0.4, -0.2) is 37.6 Å². The molecule has 3 nitrogen and oxygen atoms in total. The van der Waals surface area contributed by atoms with Crippen molar-refractivity contribution in [3.05, 3.63) is 65.0 Å². The summed E-state index contributed by atoms with van der Waals surface area (Å²) in [5.41, 5.74) is 2.69. The van der Waals surface area contributed by atoms with Crippen LogP contribution in [0.5, 0.6) is 0 Å². The molecule has 0 bridgehead atoms. The number of hydrogen-bond donors (Lipinski definition) is 0. The molecule has 1 aliphatic rings. The van der Waals surface area contributed by atoms with Gasteiger partial charge in [-0.05, 0) is 30.2 Å². The average molecular weight is 347 g/mol. The lowest BCUT2D eigenvalue weighted by molar-refractivity contribution is 0.261. The molecular weight excluding hydrogens is 326 g/mol. The van der Waals surface area contributed by atoms with Crippen molar-refractivity contribution in [2.75, 3.05) is 37.6 Å². The Bertz CT molecular complexity index is 886. The van der Waals surface area contributed by atoms with Gasteiger partial charge in [0.05, 0.1) is 0 Å². The van der Waals surface area contributed by atoms with Gasteiger partial charge in [0.15, 0.2) is 0 Å². The van der Waals surface area contributed by atoms with E-state index in [0.29, 0.717) is 0 Å². The van der Waals surface area contributed by atoms with Gasteiger partial charge in [-0.1, -0.05) is 36.4 Å². The number of fused-ring (bicyclic) bond motifs is 1. The fraction of sp³-hybridized carbons (Fsp3) is 0.286. The van der Waals surface area contributed by atoms with E-state index in [-0.39, 0.29) is 0 Å². The molecule has 4 heteroatoms. The highest BCUT2D eigenvalue weighted by atomic mass is 32.1. The summed E-state index contributed by atoms with van der Waals surface area (Å²) in [6.07, 6.45) is 1.12. The van der Waals surface area contributed by atoms with E-state index in [1.807, 2.05) is 6.07 Å². The number of thiophene rings is 1. The highest BCUT2D eigenvalue weighted by molar-refractivity contribution is 7.19. The van der Waals surface area contributed by atoms with Crippen molar-refractivity contribution in [2.24, 2.45) is 0 Å². The summed E-state index contributed by atoms with van der Waals surface area (Å²) in [7, 11) is 0. The molecule has 0 unspecified atom stereocenters. The van der Waals surface area contributed by atoms with Gasteiger partial charge in [-0.25, -0.2) is 0 Å². The third-order valence-corrected chi connectivity index (χ3v) is 5.93. The second-order valence-electron chi connectivity index (χ2n) is 6.48. The average Bonchev–Trinajstić information content (AvgIpc) is 3.11.